The molecule has 0 bridgehead atoms. The number of hydrogen-bond acceptors (Lipinski definition) is 4. The van der Waals surface area contributed by atoms with Gasteiger partial charge in [0.2, 0.25) is 5.91 Å². The number of carbonyl (C=O) groups is 2. The first kappa shape index (κ1) is 16.2. The van der Waals surface area contributed by atoms with Crippen LogP contribution in [0.1, 0.15) is 19.8 Å². The average Bonchev–Trinajstić information content (AvgIpc) is 2.62. The lowest BCUT2D eigenvalue weighted by Gasteiger charge is -2.31. The van der Waals surface area contributed by atoms with Gasteiger partial charge in [-0.3, -0.25) is 9.78 Å². The molecule has 1 aliphatic heterocycles. The molecule has 6 heteroatoms. The number of pyridine rings is 1. The molecule has 2 heterocycles. The zero-order chi connectivity index (χ0) is 16.9. The van der Waals surface area contributed by atoms with Gasteiger partial charge < -0.3 is 15.0 Å². The minimum absolute atomic E-state index is 0.0813. The van der Waals surface area contributed by atoms with Gasteiger partial charge >= 0.3 is 6.09 Å². The molecule has 1 saturated heterocycles. The van der Waals surface area contributed by atoms with Crippen LogP contribution in [-0.4, -0.2) is 41.6 Å². The SMILES string of the molecule is CCOC(=O)N1CCCC(C(=O)Nc2cccc3cccnc23)C1. The Hall–Kier alpha value is -2.63. The average molecular weight is 327 g/mol. The van der Waals surface area contributed by atoms with Gasteiger partial charge in [0, 0.05) is 24.7 Å². The predicted molar refractivity (Wildman–Crippen MR) is 91.7 cm³/mol. The zero-order valence-corrected chi connectivity index (χ0v) is 13.7. The third-order valence-corrected chi connectivity index (χ3v) is 4.21. The maximum Gasteiger partial charge on any atom is 0.409 e. The molecule has 24 heavy (non-hydrogen) atoms. The van der Waals surface area contributed by atoms with Crippen molar-refractivity contribution in [3.8, 4) is 0 Å². The number of carbonyl (C=O) groups excluding carboxylic acids is 2. The van der Waals surface area contributed by atoms with Crippen molar-refractivity contribution in [2.45, 2.75) is 19.8 Å². The number of nitrogens with zero attached hydrogens (tertiary/aromatic N) is 2. The highest BCUT2D eigenvalue weighted by molar-refractivity contribution is 6.01. The summed E-state index contributed by atoms with van der Waals surface area (Å²) in [6, 6.07) is 9.53. The van der Waals surface area contributed by atoms with E-state index in [-0.39, 0.29) is 17.9 Å². The molecule has 126 valence electrons. The quantitative estimate of drug-likeness (QED) is 0.940. The Morgan fingerprint density at radius 2 is 2.17 bits per heavy atom. The summed E-state index contributed by atoms with van der Waals surface area (Å²) in [6.45, 7) is 3.15. The summed E-state index contributed by atoms with van der Waals surface area (Å²) in [7, 11) is 0. The van der Waals surface area contributed by atoms with E-state index in [1.54, 1.807) is 18.0 Å². The van der Waals surface area contributed by atoms with E-state index in [4.69, 9.17) is 4.74 Å². The van der Waals surface area contributed by atoms with Crippen molar-refractivity contribution in [1.29, 1.82) is 0 Å². The van der Waals surface area contributed by atoms with E-state index >= 15 is 0 Å². The van der Waals surface area contributed by atoms with E-state index in [0.717, 1.165) is 23.7 Å². The number of nitrogens with one attached hydrogen (secondary N) is 1. The van der Waals surface area contributed by atoms with Gasteiger partial charge in [-0.2, -0.15) is 0 Å². The van der Waals surface area contributed by atoms with Crippen LogP contribution in [0.2, 0.25) is 0 Å². The minimum atomic E-state index is -0.346. The Morgan fingerprint density at radius 3 is 3.00 bits per heavy atom. The Balaban J connectivity index is 1.71. The number of ether oxygens (including phenoxy) is 1. The van der Waals surface area contributed by atoms with Crippen LogP contribution in [0.25, 0.3) is 10.9 Å². The molecule has 1 atom stereocenters. The topological polar surface area (TPSA) is 71.5 Å². The highest BCUT2D eigenvalue weighted by atomic mass is 16.6. The predicted octanol–water partition coefficient (Wildman–Crippen LogP) is 3.04. The molecule has 2 amide bonds. The fourth-order valence-electron chi connectivity index (χ4n) is 3.01. The van der Waals surface area contributed by atoms with Gasteiger partial charge in [0.1, 0.15) is 0 Å². The largest absolute Gasteiger partial charge is 0.450 e. The van der Waals surface area contributed by atoms with Crippen molar-refractivity contribution in [1.82, 2.24) is 9.88 Å². The van der Waals surface area contributed by atoms with Crippen LogP contribution in [-0.2, 0) is 9.53 Å². The lowest BCUT2D eigenvalue weighted by atomic mass is 9.97. The van der Waals surface area contributed by atoms with Crippen molar-refractivity contribution in [3.05, 3.63) is 36.5 Å². The van der Waals surface area contributed by atoms with Crippen molar-refractivity contribution >= 4 is 28.6 Å². The number of piperidine rings is 1. The molecule has 1 aliphatic rings. The molecular weight excluding hydrogens is 306 g/mol. The normalized spacial score (nSPS) is 17.5. The summed E-state index contributed by atoms with van der Waals surface area (Å²) >= 11 is 0. The van der Waals surface area contributed by atoms with E-state index in [0.29, 0.717) is 25.4 Å². The first-order valence-electron chi connectivity index (χ1n) is 8.25. The van der Waals surface area contributed by atoms with Crippen LogP contribution in [0.4, 0.5) is 10.5 Å². The molecule has 2 aromatic rings. The lowest BCUT2D eigenvalue weighted by Crippen LogP contribution is -2.44. The summed E-state index contributed by atoms with van der Waals surface area (Å²) in [5, 5.41) is 3.94. The second-order valence-electron chi connectivity index (χ2n) is 5.85. The van der Waals surface area contributed by atoms with Gasteiger partial charge in [0.15, 0.2) is 0 Å². The molecule has 3 rings (SSSR count). The fourth-order valence-corrected chi connectivity index (χ4v) is 3.01. The molecule has 0 aliphatic carbocycles. The number of benzene rings is 1. The Kier molecular flexibility index (Phi) is 4.93. The molecule has 1 unspecified atom stereocenters. The van der Waals surface area contributed by atoms with Crippen molar-refractivity contribution in [2.24, 2.45) is 5.92 Å². The number of aromatic nitrogens is 1. The minimum Gasteiger partial charge on any atom is -0.450 e. The van der Waals surface area contributed by atoms with Crippen LogP contribution in [0.3, 0.4) is 0 Å². The molecule has 0 radical (unpaired) electrons. The van der Waals surface area contributed by atoms with Crippen LogP contribution in [0, 0.1) is 5.92 Å². The Morgan fingerprint density at radius 1 is 1.33 bits per heavy atom. The summed E-state index contributed by atoms with van der Waals surface area (Å²) in [6.07, 6.45) is 2.92. The summed E-state index contributed by atoms with van der Waals surface area (Å²) in [5.41, 5.74) is 1.47. The molecular formula is C18H21N3O3. The van der Waals surface area contributed by atoms with E-state index < -0.39 is 0 Å². The first-order chi connectivity index (χ1) is 11.7. The van der Waals surface area contributed by atoms with E-state index in [1.807, 2.05) is 30.3 Å². The summed E-state index contributed by atoms with van der Waals surface area (Å²) in [5.74, 6) is -0.315. The second kappa shape index (κ2) is 7.29. The maximum atomic E-state index is 12.6. The van der Waals surface area contributed by atoms with Crippen LogP contribution < -0.4 is 5.32 Å². The smallest absolute Gasteiger partial charge is 0.409 e. The monoisotopic (exact) mass is 327 g/mol. The van der Waals surface area contributed by atoms with Gasteiger partial charge in [-0.15, -0.1) is 0 Å². The number of anilines is 1. The number of fused-ring (bicyclic) bond motifs is 1. The van der Waals surface area contributed by atoms with E-state index in [9.17, 15) is 9.59 Å². The Labute approximate surface area is 140 Å². The lowest BCUT2D eigenvalue weighted by molar-refractivity contribution is -0.121. The molecule has 0 saturated carbocycles. The zero-order valence-electron chi connectivity index (χ0n) is 13.7. The highest BCUT2D eigenvalue weighted by Gasteiger charge is 2.29. The van der Waals surface area contributed by atoms with Gasteiger partial charge in [-0.1, -0.05) is 18.2 Å². The first-order valence-corrected chi connectivity index (χ1v) is 8.25. The standard InChI is InChI=1S/C18H21N3O3/c1-2-24-18(23)21-11-5-8-14(12-21)17(22)20-15-9-3-6-13-7-4-10-19-16(13)15/h3-4,6-7,9-10,14H,2,5,8,11-12H2,1H3,(H,20,22). The number of likely N-dealkylation sites (tertiary alicyclic amines) is 1. The molecule has 1 fully saturated rings. The van der Waals surface area contributed by atoms with Crippen molar-refractivity contribution in [3.63, 3.8) is 0 Å². The third-order valence-electron chi connectivity index (χ3n) is 4.21. The van der Waals surface area contributed by atoms with Crippen molar-refractivity contribution in [2.75, 3.05) is 25.0 Å². The molecule has 1 N–H and O–H groups in total. The summed E-state index contributed by atoms with van der Waals surface area (Å²) < 4.78 is 5.03. The van der Waals surface area contributed by atoms with Gasteiger partial charge in [-0.25, -0.2) is 4.79 Å². The maximum absolute atomic E-state index is 12.6. The van der Waals surface area contributed by atoms with Gasteiger partial charge in [-0.05, 0) is 31.9 Å². The van der Waals surface area contributed by atoms with Crippen molar-refractivity contribution < 1.29 is 14.3 Å². The van der Waals surface area contributed by atoms with Crippen LogP contribution >= 0.6 is 0 Å². The molecule has 1 aromatic carbocycles. The fraction of sp³-hybridized carbons (Fsp3) is 0.389. The molecule has 6 nitrogen and oxygen atoms in total. The number of para-hydroxylation sites is 1. The highest BCUT2D eigenvalue weighted by Crippen LogP contribution is 2.23. The third kappa shape index (κ3) is 3.48. The van der Waals surface area contributed by atoms with Crippen LogP contribution in [0.15, 0.2) is 36.5 Å². The Bertz CT molecular complexity index is 742. The van der Waals surface area contributed by atoms with Crippen LogP contribution in [0.5, 0.6) is 0 Å². The van der Waals surface area contributed by atoms with Gasteiger partial charge in [0.25, 0.3) is 0 Å². The number of amides is 2. The molecule has 0 spiro atoms. The van der Waals surface area contributed by atoms with Gasteiger partial charge in [0.05, 0.1) is 23.7 Å². The molecule has 1 aromatic heterocycles. The summed E-state index contributed by atoms with van der Waals surface area (Å²) in [4.78, 5) is 30.4. The second-order valence-corrected chi connectivity index (χ2v) is 5.85. The number of rotatable bonds is 3. The van der Waals surface area contributed by atoms with E-state index in [1.165, 1.54) is 0 Å². The van der Waals surface area contributed by atoms with E-state index in [2.05, 4.69) is 10.3 Å². The number of hydrogen-bond donors (Lipinski definition) is 1.